The molecule has 1 aromatic rings. The Kier molecular flexibility index (Phi) is 2.23. The van der Waals surface area contributed by atoms with E-state index in [1.54, 1.807) is 0 Å². The third-order valence-electron chi connectivity index (χ3n) is 1.89. The summed E-state index contributed by atoms with van der Waals surface area (Å²) in [6.45, 7) is 0. The maximum absolute atomic E-state index is 3.56. The van der Waals surface area contributed by atoms with Gasteiger partial charge in [-0.2, -0.15) is 0 Å². The summed E-state index contributed by atoms with van der Waals surface area (Å²) >= 11 is 5.53. The zero-order chi connectivity index (χ0) is 7.68. The van der Waals surface area contributed by atoms with E-state index in [0.29, 0.717) is 0 Å². The Morgan fingerprint density at radius 2 is 2.27 bits per heavy atom. The molecular formula is C9H9BrS. The van der Waals surface area contributed by atoms with Crippen LogP contribution in [0.3, 0.4) is 0 Å². The normalized spacial score (nSPS) is 16.1. The molecule has 0 saturated carbocycles. The second kappa shape index (κ2) is 3.20. The summed E-state index contributed by atoms with van der Waals surface area (Å²) in [4.78, 5) is 1.46. The van der Waals surface area contributed by atoms with Crippen molar-refractivity contribution < 1.29 is 0 Å². The standard InChI is InChI=1S/C9H9BrS/c10-8-5-1-3-7-4-2-6-11-9(7)8/h1,3,5H,2,4,6H2. The topological polar surface area (TPSA) is 0 Å². The number of benzene rings is 1. The van der Waals surface area contributed by atoms with E-state index in [2.05, 4.69) is 34.1 Å². The second-order valence-corrected chi connectivity index (χ2v) is 4.64. The molecule has 1 aliphatic heterocycles. The Hall–Kier alpha value is 0.0500. The van der Waals surface area contributed by atoms with Gasteiger partial charge < -0.3 is 0 Å². The Morgan fingerprint density at radius 1 is 1.36 bits per heavy atom. The van der Waals surface area contributed by atoms with Gasteiger partial charge in [-0.3, -0.25) is 0 Å². The molecule has 0 fully saturated rings. The van der Waals surface area contributed by atoms with Crippen LogP contribution in [-0.2, 0) is 6.42 Å². The molecule has 0 bridgehead atoms. The van der Waals surface area contributed by atoms with Gasteiger partial charge in [-0.05, 0) is 46.2 Å². The Balaban J connectivity index is 2.49. The SMILES string of the molecule is Brc1cccc2c1SCCC2. The van der Waals surface area contributed by atoms with Crippen molar-refractivity contribution in [3.05, 3.63) is 28.2 Å². The first kappa shape index (κ1) is 7.69. The van der Waals surface area contributed by atoms with Crippen LogP contribution in [0.5, 0.6) is 0 Å². The Labute approximate surface area is 79.5 Å². The first-order chi connectivity index (χ1) is 5.38. The molecular weight excluding hydrogens is 220 g/mol. The van der Waals surface area contributed by atoms with Crippen molar-refractivity contribution in [1.29, 1.82) is 0 Å². The molecule has 0 unspecified atom stereocenters. The highest BCUT2D eigenvalue weighted by Gasteiger charge is 2.11. The van der Waals surface area contributed by atoms with E-state index in [4.69, 9.17) is 0 Å². The summed E-state index contributed by atoms with van der Waals surface area (Å²) in [5.41, 5.74) is 1.51. The van der Waals surface area contributed by atoms with Gasteiger partial charge in [-0.25, -0.2) is 0 Å². The summed E-state index contributed by atoms with van der Waals surface area (Å²) in [6.07, 6.45) is 2.58. The molecule has 0 amide bonds. The van der Waals surface area contributed by atoms with Crippen molar-refractivity contribution in [3.8, 4) is 0 Å². The second-order valence-electron chi connectivity index (χ2n) is 2.68. The summed E-state index contributed by atoms with van der Waals surface area (Å²) in [6, 6.07) is 6.47. The minimum atomic E-state index is 1.25. The largest absolute Gasteiger partial charge is 0.125 e. The van der Waals surface area contributed by atoms with Gasteiger partial charge >= 0.3 is 0 Å². The van der Waals surface area contributed by atoms with Crippen LogP contribution in [0.1, 0.15) is 12.0 Å². The van der Waals surface area contributed by atoms with Crippen molar-refractivity contribution in [3.63, 3.8) is 0 Å². The minimum Gasteiger partial charge on any atom is -0.125 e. The van der Waals surface area contributed by atoms with Crippen molar-refractivity contribution in [2.24, 2.45) is 0 Å². The van der Waals surface area contributed by atoms with Gasteiger partial charge in [0.05, 0.1) is 0 Å². The number of aryl methyl sites for hydroxylation is 1. The molecule has 2 heteroatoms. The molecule has 1 aliphatic rings. The van der Waals surface area contributed by atoms with Crippen LogP contribution in [0.25, 0.3) is 0 Å². The van der Waals surface area contributed by atoms with E-state index < -0.39 is 0 Å². The third kappa shape index (κ3) is 1.47. The highest BCUT2D eigenvalue weighted by Crippen LogP contribution is 2.35. The fourth-order valence-electron chi connectivity index (χ4n) is 1.35. The molecule has 0 aliphatic carbocycles. The van der Waals surface area contributed by atoms with Crippen molar-refractivity contribution in [1.82, 2.24) is 0 Å². The maximum atomic E-state index is 3.56. The average Bonchev–Trinajstić information content (AvgIpc) is 2.06. The zero-order valence-electron chi connectivity index (χ0n) is 6.14. The Morgan fingerprint density at radius 3 is 3.09 bits per heavy atom. The molecule has 0 atom stereocenters. The van der Waals surface area contributed by atoms with E-state index >= 15 is 0 Å². The number of thioether (sulfide) groups is 1. The highest BCUT2D eigenvalue weighted by atomic mass is 79.9. The lowest BCUT2D eigenvalue weighted by molar-refractivity contribution is 0.886. The van der Waals surface area contributed by atoms with Crippen molar-refractivity contribution in [2.45, 2.75) is 17.7 Å². The molecule has 0 N–H and O–H groups in total. The van der Waals surface area contributed by atoms with Gasteiger partial charge in [0, 0.05) is 9.37 Å². The van der Waals surface area contributed by atoms with E-state index in [-0.39, 0.29) is 0 Å². The minimum absolute atomic E-state index is 1.25. The molecule has 0 aromatic heterocycles. The predicted octanol–water partition coefficient (Wildman–Crippen LogP) is 3.49. The molecule has 2 rings (SSSR count). The molecule has 0 saturated heterocycles. The molecule has 58 valence electrons. The number of rotatable bonds is 0. The first-order valence-corrected chi connectivity index (χ1v) is 5.56. The monoisotopic (exact) mass is 228 g/mol. The molecule has 1 heterocycles. The van der Waals surface area contributed by atoms with E-state index in [1.807, 2.05) is 11.8 Å². The number of fused-ring (bicyclic) bond motifs is 1. The van der Waals surface area contributed by atoms with Crippen LogP contribution in [0.4, 0.5) is 0 Å². The van der Waals surface area contributed by atoms with Gasteiger partial charge in [0.25, 0.3) is 0 Å². The van der Waals surface area contributed by atoms with Crippen LogP contribution in [0.2, 0.25) is 0 Å². The van der Waals surface area contributed by atoms with Crippen LogP contribution >= 0.6 is 27.7 Å². The molecule has 0 nitrogen and oxygen atoms in total. The number of halogens is 1. The zero-order valence-corrected chi connectivity index (χ0v) is 8.54. The number of hydrogen-bond acceptors (Lipinski definition) is 1. The third-order valence-corrected chi connectivity index (χ3v) is 4.07. The van der Waals surface area contributed by atoms with Crippen molar-refractivity contribution >= 4 is 27.7 Å². The van der Waals surface area contributed by atoms with Gasteiger partial charge in [0.15, 0.2) is 0 Å². The van der Waals surface area contributed by atoms with Gasteiger partial charge in [0.1, 0.15) is 0 Å². The smallest absolute Gasteiger partial charge is 0.0314 e. The van der Waals surface area contributed by atoms with Crippen LogP contribution in [0, 0.1) is 0 Å². The van der Waals surface area contributed by atoms with Gasteiger partial charge in [-0.15, -0.1) is 11.8 Å². The summed E-state index contributed by atoms with van der Waals surface area (Å²) in [5, 5.41) is 0. The fraction of sp³-hybridized carbons (Fsp3) is 0.333. The first-order valence-electron chi connectivity index (χ1n) is 3.78. The summed E-state index contributed by atoms with van der Waals surface area (Å²) in [7, 11) is 0. The van der Waals surface area contributed by atoms with E-state index in [0.717, 1.165) is 0 Å². The maximum Gasteiger partial charge on any atom is 0.0314 e. The van der Waals surface area contributed by atoms with Gasteiger partial charge in [-0.1, -0.05) is 12.1 Å². The average molecular weight is 229 g/mol. The predicted molar refractivity (Wildman–Crippen MR) is 53.2 cm³/mol. The molecule has 11 heavy (non-hydrogen) atoms. The van der Waals surface area contributed by atoms with Gasteiger partial charge in [0.2, 0.25) is 0 Å². The van der Waals surface area contributed by atoms with E-state index in [9.17, 15) is 0 Å². The van der Waals surface area contributed by atoms with Crippen LogP contribution in [0.15, 0.2) is 27.6 Å². The summed E-state index contributed by atoms with van der Waals surface area (Å²) < 4.78 is 1.26. The lowest BCUT2D eigenvalue weighted by Gasteiger charge is -2.15. The lowest BCUT2D eigenvalue weighted by Crippen LogP contribution is -1.98. The molecule has 1 aromatic carbocycles. The lowest BCUT2D eigenvalue weighted by atomic mass is 10.1. The van der Waals surface area contributed by atoms with E-state index in [1.165, 1.54) is 33.5 Å². The highest BCUT2D eigenvalue weighted by molar-refractivity contribution is 9.10. The van der Waals surface area contributed by atoms with Crippen molar-refractivity contribution in [2.75, 3.05) is 5.75 Å². The molecule has 0 spiro atoms. The van der Waals surface area contributed by atoms with Crippen LogP contribution < -0.4 is 0 Å². The molecule has 0 radical (unpaired) electrons. The number of hydrogen-bond donors (Lipinski definition) is 0. The Bertz CT molecular complexity index is 270. The summed E-state index contributed by atoms with van der Waals surface area (Å²) in [5.74, 6) is 1.27. The fourth-order valence-corrected chi connectivity index (χ4v) is 3.15. The van der Waals surface area contributed by atoms with Crippen LogP contribution in [-0.4, -0.2) is 5.75 Å². The quantitative estimate of drug-likeness (QED) is 0.656.